The van der Waals surface area contributed by atoms with Gasteiger partial charge >= 0.3 is 5.97 Å². The Hall–Kier alpha value is -3.19. The minimum Gasteiger partial charge on any atom is -0.507 e. The van der Waals surface area contributed by atoms with Crippen molar-refractivity contribution in [2.45, 2.75) is 34.3 Å². The van der Waals surface area contributed by atoms with Gasteiger partial charge in [0, 0.05) is 12.3 Å². The highest BCUT2D eigenvalue weighted by Crippen LogP contribution is 2.30. The van der Waals surface area contributed by atoms with Gasteiger partial charge in [-0.2, -0.15) is 0 Å². The lowest BCUT2D eigenvalue weighted by molar-refractivity contribution is -0.115. The molecule has 0 atom stereocenters. The fourth-order valence-corrected chi connectivity index (χ4v) is 3.67. The third-order valence-corrected chi connectivity index (χ3v) is 5.48. The van der Waals surface area contributed by atoms with Gasteiger partial charge in [0.1, 0.15) is 17.9 Å². The van der Waals surface area contributed by atoms with Crippen LogP contribution in [0.3, 0.4) is 0 Å². The fraction of sp³-hybridized carbons (Fsp3) is 0.227. The number of phenols is 1. The number of carbonyl (C=O) groups is 2. The summed E-state index contributed by atoms with van der Waals surface area (Å²) in [5.41, 5.74) is 4.20. The molecule has 0 radical (unpaired) electrons. The van der Waals surface area contributed by atoms with E-state index in [1.54, 1.807) is 24.4 Å². The Morgan fingerprint density at radius 3 is 2.55 bits per heavy atom. The first kappa shape index (κ1) is 20.5. The summed E-state index contributed by atoms with van der Waals surface area (Å²) in [6, 6.07) is 10.7. The first-order valence-electron chi connectivity index (χ1n) is 9.06. The maximum absolute atomic E-state index is 12.3. The highest BCUT2D eigenvalue weighted by Gasteiger charge is 2.19. The number of amides is 1. The number of aromatic nitrogens is 1. The van der Waals surface area contributed by atoms with Crippen LogP contribution in [-0.2, 0) is 16.1 Å². The van der Waals surface area contributed by atoms with E-state index < -0.39 is 5.97 Å². The lowest BCUT2D eigenvalue weighted by Crippen LogP contribution is -2.22. The maximum atomic E-state index is 12.3. The molecule has 0 aliphatic heterocycles. The standard InChI is InChI=1S/C22H22N2O4S/c1-13-8-9-18(10-15(13)3)24(16(4)25)22-23-17(12-29-22)11-28-21(27)19-7-5-6-14(2)20(19)26/h5-10,12,26H,11H2,1-4H3. The van der Waals surface area contributed by atoms with Gasteiger partial charge < -0.3 is 9.84 Å². The summed E-state index contributed by atoms with van der Waals surface area (Å²) in [4.78, 5) is 30.5. The predicted molar refractivity (Wildman–Crippen MR) is 113 cm³/mol. The third kappa shape index (κ3) is 4.46. The van der Waals surface area contributed by atoms with Crippen LogP contribution in [0.15, 0.2) is 41.8 Å². The number of thiazole rings is 1. The fourth-order valence-electron chi connectivity index (χ4n) is 2.80. The average Bonchev–Trinajstić information content (AvgIpc) is 3.13. The van der Waals surface area contributed by atoms with Crippen molar-refractivity contribution in [3.8, 4) is 5.75 Å². The molecule has 1 aromatic heterocycles. The zero-order chi connectivity index (χ0) is 21.1. The first-order chi connectivity index (χ1) is 13.8. The second-order valence-electron chi connectivity index (χ2n) is 6.79. The molecule has 1 amide bonds. The van der Waals surface area contributed by atoms with Gasteiger partial charge in [-0.25, -0.2) is 9.78 Å². The van der Waals surface area contributed by atoms with Crippen LogP contribution in [0.5, 0.6) is 5.75 Å². The van der Waals surface area contributed by atoms with Gasteiger partial charge in [0.25, 0.3) is 0 Å². The second-order valence-corrected chi connectivity index (χ2v) is 7.63. The van der Waals surface area contributed by atoms with Crippen LogP contribution in [0, 0.1) is 20.8 Å². The quantitative estimate of drug-likeness (QED) is 0.610. The summed E-state index contributed by atoms with van der Waals surface area (Å²) in [6.07, 6.45) is 0. The van der Waals surface area contributed by atoms with Gasteiger partial charge in [0.15, 0.2) is 5.13 Å². The number of aryl methyl sites for hydroxylation is 3. The molecule has 1 N–H and O–H groups in total. The molecular formula is C22H22N2O4S. The van der Waals surface area contributed by atoms with Crippen LogP contribution in [0.1, 0.15) is 39.7 Å². The number of benzene rings is 2. The van der Waals surface area contributed by atoms with E-state index in [0.29, 0.717) is 16.4 Å². The molecule has 0 fully saturated rings. The monoisotopic (exact) mass is 410 g/mol. The molecule has 0 bridgehead atoms. The molecule has 0 unspecified atom stereocenters. The van der Waals surface area contributed by atoms with Crippen LogP contribution >= 0.6 is 11.3 Å². The molecule has 7 heteroatoms. The molecule has 0 spiro atoms. The van der Waals surface area contributed by atoms with Gasteiger partial charge in [-0.3, -0.25) is 9.69 Å². The summed E-state index contributed by atoms with van der Waals surface area (Å²) in [5.74, 6) is -0.872. The number of aromatic hydroxyl groups is 1. The summed E-state index contributed by atoms with van der Waals surface area (Å²) in [6.45, 7) is 7.14. The third-order valence-electron chi connectivity index (χ3n) is 4.60. The molecule has 1 heterocycles. The number of rotatable bonds is 5. The van der Waals surface area contributed by atoms with Crippen LogP contribution in [-0.4, -0.2) is 22.0 Å². The zero-order valence-corrected chi connectivity index (χ0v) is 17.5. The molecule has 0 aliphatic rings. The SMILES string of the molecule is CC(=O)N(c1ccc(C)c(C)c1)c1nc(COC(=O)c2cccc(C)c2O)cs1. The molecule has 0 saturated heterocycles. The number of hydrogen-bond donors (Lipinski definition) is 1. The summed E-state index contributed by atoms with van der Waals surface area (Å²) >= 11 is 1.30. The van der Waals surface area contributed by atoms with Crippen LogP contribution in [0.2, 0.25) is 0 Å². The molecule has 150 valence electrons. The van der Waals surface area contributed by atoms with E-state index in [-0.39, 0.29) is 23.8 Å². The van der Waals surface area contributed by atoms with E-state index in [4.69, 9.17) is 4.74 Å². The number of phenolic OH excluding ortho intramolecular Hbond substituents is 1. The summed E-state index contributed by atoms with van der Waals surface area (Å²) in [7, 11) is 0. The van der Waals surface area contributed by atoms with Crippen molar-refractivity contribution in [2.24, 2.45) is 0 Å². The normalized spacial score (nSPS) is 10.6. The van der Waals surface area contributed by atoms with E-state index in [1.807, 2.05) is 32.0 Å². The van der Waals surface area contributed by atoms with E-state index in [1.165, 1.54) is 29.2 Å². The van der Waals surface area contributed by atoms with E-state index >= 15 is 0 Å². The lowest BCUT2D eigenvalue weighted by atomic mass is 10.1. The predicted octanol–water partition coefficient (Wildman–Crippen LogP) is 4.82. The summed E-state index contributed by atoms with van der Waals surface area (Å²) in [5, 5.41) is 12.3. The van der Waals surface area contributed by atoms with Crippen LogP contribution in [0.4, 0.5) is 10.8 Å². The molecule has 3 aromatic rings. The molecular weight excluding hydrogens is 388 g/mol. The molecule has 6 nitrogen and oxygen atoms in total. The van der Waals surface area contributed by atoms with Crippen molar-refractivity contribution < 1.29 is 19.4 Å². The topological polar surface area (TPSA) is 79.7 Å². The van der Waals surface area contributed by atoms with E-state index in [9.17, 15) is 14.7 Å². The molecule has 0 aliphatic carbocycles. The van der Waals surface area contributed by atoms with Gasteiger partial charge in [-0.15, -0.1) is 11.3 Å². The first-order valence-corrected chi connectivity index (χ1v) is 9.94. The van der Waals surface area contributed by atoms with Crippen molar-refractivity contribution in [2.75, 3.05) is 4.90 Å². The Bertz CT molecular complexity index is 1070. The number of ether oxygens (including phenoxy) is 1. The molecule has 0 saturated carbocycles. The zero-order valence-electron chi connectivity index (χ0n) is 16.7. The number of carbonyl (C=O) groups excluding carboxylic acids is 2. The van der Waals surface area contributed by atoms with Crippen molar-refractivity contribution >= 4 is 34.0 Å². The molecule has 29 heavy (non-hydrogen) atoms. The van der Waals surface area contributed by atoms with Gasteiger partial charge in [-0.1, -0.05) is 18.2 Å². The smallest absolute Gasteiger partial charge is 0.342 e. The second kappa shape index (κ2) is 8.45. The van der Waals surface area contributed by atoms with Gasteiger partial charge in [0.05, 0.1) is 11.4 Å². The van der Waals surface area contributed by atoms with Crippen molar-refractivity contribution in [1.29, 1.82) is 0 Å². The largest absolute Gasteiger partial charge is 0.507 e. The number of esters is 1. The summed E-state index contributed by atoms with van der Waals surface area (Å²) < 4.78 is 5.29. The van der Waals surface area contributed by atoms with Crippen LogP contribution < -0.4 is 4.90 Å². The number of nitrogens with zero attached hydrogens (tertiary/aromatic N) is 2. The maximum Gasteiger partial charge on any atom is 0.342 e. The van der Waals surface area contributed by atoms with E-state index in [2.05, 4.69) is 4.98 Å². The minimum absolute atomic E-state index is 0.0542. The Labute approximate surface area is 173 Å². The molecule has 3 rings (SSSR count). The van der Waals surface area contributed by atoms with Crippen molar-refractivity contribution in [1.82, 2.24) is 4.98 Å². The lowest BCUT2D eigenvalue weighted by Gasteiger charge is -2.19. The molecule has 2 aromatic carbocycles. The van der Waals surface area contributed by atoms with Crippen LogP contribution in [0.25, 0.3) is 0 Å². The Morgan fingerprint density at radius 1 is 1.10 bits per heavy atom. The Kier molecular flexibility index (Phi) is 5.98. The Morgan fingerprint density at radius 2 is 1.86 bits per heavy atom. The minimum atomic E-state index is -0.627. The van der Waals surface area contributed by atoms with E-state index in [0.717, 1.165) is 16.8 Å². The van der Waals surface area contributed by atoms with Gasteiger partial charge in [0.2, 0.25) is 5.91 Å². The number of para-hydroxylation sites is 1. The number of hydrogen-bond acceptors (Lipinski definition) is 6. The Balaban J connectivity index is 1.76. The van der Waals surface area contributed by atoms with Gasteiger partial charge in [-0.05, 0) is 55.7 Å². The average molecular weight is 410 g/mol. The van der Waals surface area contributed by atoms with Crippen molar-refractivity contribution in [3.63, 3.8) is 0 Å². The highest BCUT2D eigenvalue weighted by molar-refractivity contribution is 7.14. The highest BCUT2D eigenvalue weighted by atomic mass is 32.1. The number of anilines is 2. The van der Waals surface area contributed by atoms with Crippen molar-refractivity contribution in [3.05, 3.63) is 69.7 Å².